The molecule has 1 amide bonds. The van der Waals surface area contributed by atoms with Crippen LogP contribution in [0.3, 0.4) is 0 Å². The number of anilines is 2. The third kappa shape index (κ3) is 3.83. The minimum atomic E-state index is -5.14. The second-order valence-corrected chi connectivity index (χ2v) is 8.98. The van der Waals surface area contributed by atoms with Crippen molar-refractivity contribution in [3.63, 3.8) is 0 Å². The van der Waals surface area contributed by atoms with E-state index in [9.17, 15) is 22.8 Å². The Bertz CT molecular complexity index is 1110. The molecular formula is C23H20ClF3N2O2. The van der Waals surface area contributed by atoms with Crippen molar-refractivity contribution in [3.05, 3.63) is 70.4 Å². The number of alkyl halides is 3. The number of rotatable bonds is 1. The van der Waals surface area contributed by atoms with Gasteiger partial charge in [0.15, 0.2) is 5.78 Å². The number of fused-ring (bicyclic) bond motifs is 1. The van der Waals surface area contributed by atoms with E-state index in [4.69, 9.17) is 11.6 Å². The van der Waals surface area contributed by atoms with Gasteiger partial charge in [-0.2, -0.15) is 13.2 Å². The highest BCUT2D eigenvalue weighted by Crippen LogP contribution is 2.50. The van der Waals surface area contributed by atoms with E-state index >= 15 is 0 Å². The van der Waals surface area contributed by atoms with Crippen LogP contribution in [-0.4, -0.2) is 17.9 Å². The zero-order valence-electron chi connectivity index (χ0n) is 16.9. The van der Waals surface area contributed by atoms with Gasteiger partial charge in [-0.05, 0) is 35.6 Å². The first kappa shape index (κ1) is 21.4. The van der Waals surface area contributed by atoms with Crippen LogP contribution in [0.1, 0.15) is 38.3 Å². The predicted molar refractivity (Wildman–Crippen MR) is 113 cm³/mol. The monoisotopic (exact) mass is 448 g/mol. The summed E-state index contributed by atoms with van der Waals surface area (Å²) in [7, 11) is 0. The van der Waals surface area contributed by atoms with E-state index in [0.29, 0.717) is 22.7 Å². The molecule has 2 aromatic carbocycles. The summed E-state index contributed by atoms with van der Waals surface area (Å²) in [4.78, 5) is 26.7. The summed E-state index contributed by atoms with van der Waals surface area (Å²) in [5.74, 6) is -2.37. The number of nitrogens with one attached hydrogen (secondary N) is 1. The normalized spacial score (nSPS) is 20.5. The molecule has 162 valence electrons. The zero-order valence-corrected chi connectivity index (χ0v) is 17.6. The molecule has 2 aliphatic rings. The van der Waals surface area contributed by atoms with Gasteiger partial charge in [0.05, 0.1) is 17.4 Å². The number of hydrogen-bond donors (Lipinski definition) is 1. The van der Waals surface area contributed by atoms with Crippen molar-refractivity contribution in [1.82, 2.24) is 0 Å². The third-order valence-corrected chi connectivity index (χ3v) is 5.91. The summed E-state index contributed by atoms with van der Waals surface area (Å²) in [5.41, 5.74) is 0.895. The number of para-hydroxylation sites is 2. The van der Waals surface area contributed by atoms with Crippen molar-refractivity contribution in [1.29, 1.82) is 0 Å². The maximum Gasteiger partial charge on any atom is 0.471 e. The molecule has 1 atom stereocenters. The first-order valence-electron chi connectivity index (χ1n) is 9.77. The van der Waals surface area contributed by atoms with Crippen LogP contribution in [0.25, 0.3) is 0 Å². The van der Waals surface area contributed by atoms with Crippen LogP contribution in [0, 0.1) is 5.41 Å². The van der Waals surface area contributed by atoms with E-state index in [0.717, 1.165) is 0 Å². The number of allylic oxidation sites excluding steroid dienone is 1. The van der Waals surface area contributed by atoms with Crippen molar-refractivity contribution in [2.75, 3.05) is 10.2 Å². The van der Waals surface area contributed by atoms with Crippen LogP contribution in [0.5, 0.6) is 0 Å². The van der Waals surface area contributed by atoms with Gasteiger partial charge in [0.2, 0.25) is 0 Å². The van der Waals surface area contributed by atoms with Gasteiger partial charge < -0.3 is 5.32 Å². The molecule has 1 aliphatic carbocycles. The van der Waals surface area contributed by atoms with E-state index in [-0.39, 0.29) is 39.5 Å². The SMILES string of the molecule is CC1(C)CC(=O)C2=C(C1)Nc1ccccc1N(C(=O)C(F)(F)F)[C@H]2c1ccccc1Cl. The smallest absolute Gasteiger partial charge is 0.357 e. The summed E-state index contributed by atoms with van der Waals surface area (Å²) in [6, 6.07) is 11.3. The largest absolute Gasteiger partial charge is 0.471 e. The topological polar surface area (TPSA) is 49.4 Å². The number of nitrogens with zero attached hydrogens (tertiary/aromatic N) is 1. The lowest BCUT2D eigenvalue weighted by atomic mass is 9.73. The molecule has 0 radical (unpaired) electrons. The van der Waals surface area contributed by atoms with E-state index in [1.54, 1.807) is 36.4 Å². The molecule has 1 N–H and O–H groups in total. The van der Waals surface area contributed by atoms with Gasteiger partial charge in [-0.1, -0.05) is 55.8 Å². The van der Waals surface area contributed by atoms with Crippen LogP contribution in [0.15, 0.2) is 59.8 Å². The molecule has 0 bridgehead atoms. The van der Waals surface area contributed by atoms with E-state index in [1.807, 2.05) is 13.8 Å². The molecule has 8 heteroatoms. The Morgan fingerprint density at radius 3 is 2.42 bits per heavy atom. The average Bonchev–Trinajstić information content (AvgIpc) is 2.80. The fourth-order valence-electron chi connectivity index (χ4n) is 4.34. The fourth-order valence-corrected chi connectivity index (χ4v) is 4.58. The molecule has 1 aliphatic heterocycles. The third-order valence-electron chi connectivity index (χ3n) is 5.56. The minimum Gasteiger partial charge on any atom is -0.357 e. The van der Waals surface area contributed by atoms with Crippen molar-refractivity contribution in [3.8, 4) is 0 Å². The molecular weight excluding hydrogens is 429 g/mol. The van der Waals surface area contributed by atoms with Gasteiger partial charge in [0.25, 0.3) is 0 Å². The Hall–Kier alpha value is -2.80. The minimum absolute atomic E-state index is 0.0368. The first-order chi connectivity index (χ1) is 14.5. The molecule has 0 aromatic heterocycles. The zero-order chi connectivity index (χ0) is 22.6. The Labute approximate surface area is 182 Å². The highest BCUT2D eigenvalue weighted by Gasteiger charge is 2.50. The lowest BCUT2D eigenvalue weighted by Gasteiger charge is -2.37. The quantitative estimate of drug-likeness (QED) is 0.578. The number of ketones is 1. The molecule has 0 spiro atoms. The van der Waals surface area contributed by atoms with E-state index in [1.165, 1.54) is 12.1 Å². The molecule has 0 saturated carbocycles. The Kier molecular flexibility index (Phi) is 5.12. The van der Waals surface area contributed by atoms with Crippen LogP contribution < -0.4 is 10.2 Å². The van der Waals surface area contributed by atoms with E-state index < -0.39 is 18.1 Å². The number of benzene rings is 2. The van der Waals surface area contributed by atoms with Crippen LogP contribution in [0.2, 0.25) is 5.02 Å². The van der Waals surface area contributed by atoms with Crippen LogP contribution >= 0.6 is 11.6 Å². The molecule has 0 fully saturated rings. The van der Waals surface area contributed by atoms with Crippen LogP contribution in [-0.2, 0) is 9.59 Å². The molecule has 0 unspecified atom stereocenters. The van der Waals surface area contributed by atoms with Gasteiger partial charge >= 0.3 is 12.1 Å². The van der Waals surface area contributed by atoms with Crippen molar-refractivity contribution in [2.45, 2.75) is 38.9 Å². The van der Waals surface area contributed by atoms with Crippen LogP contribution in [0.4, 0.5) is 24.5 Å². The Morgan fingerprint density at radius 2 is 1.74 bits per heavy atom. The molecule has 2 aromatic rings. The number of Topliss-reactive ketones (excluding diaryl/α,β-unsaturated/α-hetero) is 1. The predicted octanol–water partition coefficient (Wildman–Crippen LogP) is 6.05. The molecule has 1 heterocycles. The number of carbonyl (C=O) groups excluding carboxylic acids is 2. The van der Waals surface area contributed by atoms with E-state index in [2.05, 4.69) is 5.32 Å². The molecule has 4 nitrogen and oxygen atoms in total. The highest BCUT2D eigenvalue weighted by molar-refractivity contribution is 6.31. The van der Waals surface area contributed by atoms with Gasteiger partial charge in [0.1, 0.15) is 0 Å². The first-order valence-corrected chi connectivity index (χ1v) is 10.1. The number of carbonyl (C=O) groups is 2. The second kappa shape index (κ2) is 7.41. The Balaban J connectivity index is 2.06. The highest BCUT2D eigenvalue weighted by atomic mass is 35.5. The van der Waals surface area contributed by atoms with Crippen molar-refractivity contribution >= 4 is 34.7 Å². The van der Waals surface area contributed by atoms with Gasteiger partial charge in [-0.25, -0.2) is 0 Å². The maximum absolute atomic E-state index is 13.7. The summed E-state index contributed by atoms with van der Waals surface area (Å²) in [6.07, 6.45) is -4.55. The van der Waals surface area contributed by atoms with Gasteiger partial charge in [-0.3, -0.25) is 14.5 Å². The molecule has 4 rings (SSSR count). The summed E-state index contributed by atoms with van der Waals surface area (Å²) in [5, 5.41) is 3.33. The number of halogens is 4. The fraction of sp³-hybridized carbons (Fsp3) is 0.304. The van der Waals surface area contributed by atoms with Crippen molar-refractivity contribution in [2.24, 2.45) is 5.41 Å². The number of amides is 1. The van der Waals surface area contributed by atoms with Gasteiger partial charge in [-0.15, -0.1) is 0 Å². The maximum atomic E-state index is 13.7. The lowest BCUT2D eigenvalue weighted by Crippen LogP contribution is -2.45. The second-order valence-electron chi connectivity index (χ2n) is 8.57. The molecule has 31 heavy (non-hydrogen) atoms. The summed E-state index contributed by atoms with van der Waals surface area (Å²) < 4.78 is 41.2. The summed E-state index contributed by atoms with van der Waals surface area (Å²) in [6.45, 7) is 3.85. The molecule has 0 saturated heterocycles. The average molecular weight is 449 g/mol. The van der Waals surface area contributed by atoms with Crippen molar-refractivity contribution < 1.29 is 22.8 Å². The standard InChI is InChI=1S/C23H20ClF3N2O2/c1-22(2)11-16-19(18(30)12-22)20(13-7-3-4-8-14(13)24)29(21(31)23(25,26)27)17-10-6-5-9-15(17)28-16/h3-10,20,28H,11-12H2,1-2H3/t20-/m0/s1. The van der Waals surface area contributed by atoms with Gasteiger partial charge in [0, 0.05) is 22.7 Å². The lowest BCUT2D eigenvalue weighted by molar-refractivity contribution is -0.170. The Morgan fingerprint density at radius 1 is 1.10 bits per heavy atom. The number of hydrogen-bond acceptors (Lipinski definition) is 3. The summed E-state index contributed by atoms with van der Waals surface area (Å²) >= 11 is 6.38.